The van der Waals surface area contributed by atoms with Gasteiger partial charge in [-0.15, -0.1) is 0 Å². The molecule has 0 saturated carbocycles. The lowest BCUT2D eigenvalue weighted by Crippen LogP contribution is -2.14. The fourth-order valence-electron chi connectivity index (χ4n) is 7.97. The van der Waals surface area contributed by atoms with Gasteiger partial charge in [-0.1, -0.05) is 145 Å². The summed E-state index contributed by atoms with van der Waals surface area (Å²) in [5, 5.41) is 2.68. The fourth-order valence-corrected chi connectivity index (χ4v) is 7.97. The van der Waals surface area contributed by atoms with Crippen molar-refractivity contribution in [3.05, 3.63) is 185 Å². The molecule has 1 aliphatic rings. The highest BCUT2D eigenvalue weighted by Gasteiger charge is 2.24. The first-order valence-corrected chi connectivity index (χ1v) is 18.9. The molecule has 0 amide bonds. The molecule has 0 spiro atoms. The number of rotatable bonds is 6. The predicted molar refractivity (Wildman–Crippen MR) is 230 cm³/mol. The third kappa shape index (κ3) is 6.40. The number of benzene rings is 7. The molecule has 1 heteroatoms. The van der Waals surface area contributed by atoms with Gasteiger partial charge in [0.05, 0.1) is 0 Å². The lowest BCUT2D eigenvalue weighted by Gasteiger charge is -2.28. The van der Waals surface area contributed by atoms with Gasteiger partial charge < -0.3 is 4.90 Å². The van der Waals surface area contributed by atoms with Gasteiger partial charge in [0.1, 0.15) is 0 Å². The number of anilines is 3. The minimum atomic E-state index is 0.0985. The van der Waals surface area contributed by atoms with Crippen molar-refractivity contribution in [3.63, 3.8) is 0 Å². The minimum Gasteiger partial charge on any atom is -0.311 e. The Kier molecular flexibility index (Phi) is 8.50. The Morgan fingerprint density at radius 2 is 0.849 bits per heavy atom. The van der Waals surface area contributed by atoms with Crippen LogP contribution in [0.2, 0.25) is 0 Å². The van der Waals surface area contributed by atoms with Gasteiger partial charge in [-0.05, 0) is 151 Å². The van der Waals surface area contributed by atoms with Crippen molar-refractivity contribution in [2.75, 3.05) is 4.90 Å². The molecule has 262 valence electrons. The Morgan fingerprint density at radius 3 is 1.40 bits per heavy atom. The highest BCUT2D eigenvalue weighted by Crippen LogP contribution is 2.46. The van der Waals surface area contributed by atoms with Crippen LogP contribution in [0.3, 0.4) is 0 Å². The third-order valence-electron chi connectivity index (χ3n) is 11.1. The second kappa shape index (κ2) is 13.1. The zero-order chi connectivity index (χ0) is 37.1. The number of hydrogen-bond acceptors (Lipinski definition) is 1. The molecule has 0 heterocycles. The van der Waals surface area contributed by atoms with Crippen molar-refractivity contribution in [1.29, 1.82) is 0 Å². The summed E-state index contributed by atoms with van der Waals surface area (Å²) in [6, 6.07) is 56.5. The molecule has 0 radical (unpaired) electrons. The highest BCUT2D eigenvalue weighted by molar-refractivity contribution is 6.17. The Hall–Kier alpha value is -5.66. The van der Waals surface area contributed by atoms with Crippen molar-refractivity contribution in [2.24, 2.45) is 0 Å². The topological polar surface area (TPSA) is 3.24 Å². The molecule has 7 aromatic carbocycles. The van der Waals surface area contributed by atoms with Crippen LogP contribution in [0.5, 0.6) is 0 Å². The number of allylic oxidation sites excluding steroid dienone is 1. The molecule has 1 nitrogen and oxygen atoms in total. The molecule has 0 aromatic heterocycles. The standard InChI is InChI=1S/C52H49N/c1-34-18-19-40(33-48(34)49-35(2)46-16-10-12-37-13-11-17-47(49)50(37)46)39-15-9-14-38(32-39)36-20-26-43(27-21-36)53(44-28-22-41(23-29-44)51(3,4)5)45-30-24-42(25-31-45)52(6,7)8/h9-33H,1-8H3. The molecule has 53 heavy (non-hydrogen) atoms. The van der Waals surface area contributed by atoms with Crippen LogP contribution in [-0.2, 0) is 10.8 Å². The summed E-state index contributed by atoms with van der Waals surface area (Å²) in [6.45, 7) is 18.1. The number of nitrogens with zero attached hydrogens (tertiary/aromatic N) is 1. The highest BCUT2D eigenvalue weighted by atomic mass is 15.1. The van der Waals surface area contributed by atoms with Crippen LogP contribution in [0.15, 0.2) is 152 Å². The average molecular weight is 688 g/mol. The van der Waals surface area contributed by atoms with Gasteiger partial charge >= 0.3 is 0 Å². The van der Waals surface area contributed by atoms with Gasteiger partial charge in [0.25, 0.3) is 0 Å². The van der Waals surface area contributed by atoms with Crippen LogP contribution in [0.25, 0.3) is 44.2 Å². The van der Waals surface area contributed by atoms with Crippen LogP contribution in [0.4, 0.5) is 17.1 Å². The first-order chi connectivity index (χ1) is 25.4. The summed E-state index contributed by atoms with van der Waals surface area (Å²) < 4.78 is 0. The van der Waals surface area contributed by atoms with E-state index in [1.807, 2.05) is 0 Å². The van der Waals surface area contributed by atoms with Gasteiger partial charge in [0.15, 0.2) is 0 Å². The molecule has 0 unspecified atom stereocenters. The van der Waals surface area contributed by atoms with Crippen molar-refractivity contribution < 1.29 is 0 Å². The van der Waals surface area contributed by atoms with E-state index in [2.05, 4.69) is 212 Å². The normalized spacial score (nSPS) is 12.8. The second-order valence-electron chi connectivity index (χ2n) is 16.8. The first kappa shape index (κ1) is 34.4. The largest absolute Gasteiger partial charge is 0.311 e. The second-order valence-corrected chi connectivity index (χ2v) is 16.8. The summed E-state index contributed by atoms with van der Waals surface area (Å²) in [7, 11) is 0. The maximum Gasteiger partial charge on any atom is 0.0462 e. The number of hydrogen-bond donors (Lipinski definition) is 0. The van der Waals surface area contributed by atoms with Crippen LogP contribution in [0.1, 0.15) is 81.8 Å². The molecular formula is C52H49N. The van der Waals surface area contributed by atoms with Gasteiger partial charge in [0.2, 0.25) is 0 Å². The zero-order valence-corrected chi connectivity index (χ0v) is 32.4. The quantitative estimate of drug-likeness (QED) is 0.168. The van der Waals surface area contributed by atoms with Crippen molar-refractivity contribution in [3.8, 4) is 22.3 Å². The van der Waals surface area contributed by atoms with E-state index in [4.69, 9.17) is 0 Å². The summed E-state index contributed by atoms with van der Waals surface area (Å²) in [6.07, 6.45) is 0. The van der Waals surface area contributed by atoms with Crippen molar-refractivity contribution >= 4 is 39.0 Å². The molecule has 0 atom stereocenters. The molecule has 0 saturated heterocycles. The molecule has 8 rings (SSSR count). The van der Waals surface area contributed by atoms with E-state index in [-0.39, 0.29) is 10.8 Å². The lowest BCUT2D eigenvalue weighted by molar-refractivity contribution is 0.590. The molecule has 0 N–H and O–H groups in total. The Labute approximate surface area is 316 Å². The summed E-state index contributed by atoms with van der Waals surface area (Å²) in [5.41, 5.74) is 19.2. The van der Waals surface area contributed by atoms with Gasteiger partial charge in [-0.25, -0.2) is 0 Å². The van der Waals surface area contributed by atoms with E-state index in [0.29, 0.717) is 0 Å². The van der Waals surface area contributed by atoms with Crippen LogP contribution in [0, 0.1) is 6.92 Å². The maximum absolute atomic E-state index is 2.40. The van der Waals surface area contributed by atoms with E-state index >= 15 is 0 Å². The molecular weight excluding hydrogens is 639 g/mol. The SMILES string of the molecule is CC1=C(c2cc(-c3cccc(-c4ccc(N(c5ccc(C(C)(C)C)cc5)c5ccc(C(C)(C)C)cc5)cc4)c3)ccc2C)c2cccc3cccc1c23. The van der Waals surface area contributed by atoms with Crippen LogP contribution in [-0.4, -0.2) is 0 Å². The molecule has 1 aliphatic carbocycles. The summed E-state index contributed by atoms with van der Waals surface area (Å²) >= 11 is 0. The van der Waals surface area contributed by atoms with Gasteiger partial charge in [-0.3, -0.25) is 0 Å². The minimum absolute atomic E-state index is 0.0985. The first-order valence-electron chi connectivity index (χ1n) is 18.9. The zero-order valence-electron chi connectivity index (χ0n) is 32.4. The summed E-state index contributed by atoms with van der Waals surface area (Å²) in [4.78, 5) is 2.37. The van der Waals surface area contributed by atoms with Crippen molar-refractivity contribution in [1.82, 2.24) is 0 Å². The Bertz CT molecular complexity index is 2430. The van der Waals surface area contributed by atoms with Crippen LogP contribution < -0.4 is 4.90 Å². The predicted octanol–water partition coefficient (Wildman–Crippen LogP) is 14.8. The maximum atomic E-state index is 2.40. The third-order valence-corrected chi connectivity index (χ3v) is 11.1. The number of aryl methyl sites for hydroxylation is 1. The van der Waals surface area contributed by atoms with E-state index < -0.39 is 0 Å². The van der Waals surface area contributed by atoms with E-state index in [0.717, 1.165) is 17.1 Å². The molecule has 0 bridgehead atoms. The van der Waals surface area contributed by atoms with Gasteiger partial charge in [-0.2, -0.15) is 0 Å². The smallest absolute Gasteiger partial charge is 0.0462 e. The Morgan fingerprint density at radius 1 is 0.396 bits per heavy atom. The lowest BCUT2D eigenvalue weighted by atomic mass is 9.86. The average Bonchev–Trinajstić information content (AvgIpc) is 3.44. The van der Waals surface area contributed by atoms with E-state index in [1.54, 1.807) is 0 Å². The van der Waals surface area contributed by atoms with Gasteiger partial charge in [0, 0.05) is 17.1 Å². The summed E-state index contributed by atoms with van der Waals surface area (Å²) in [5.74, 6) is 0. The van der Waals surface area contributed by atoms with Crippen LogP contribution >= 0.6 is 0 Å². The monoisotopic (exact) mass is 687 g/mol. The van der Waals surface area contributed by atoms with E-state index in [1.165, 1.54) is 77.6 Å². The van der Waals surface area contributed by atoms with Crippen molar-refractivity contribution in [2.45, 2.75) is 66.2 Å². The molecule has 7 aromatic rings. The molecule has 0 aliphatic heterocycles. The molecule has 0 fully saturated rings. The van der Waals surface area contributed by atoms with E-state index in [9.17, 15) is 0 Å². The Balaban J connectivity index is 1.13. The fraction of sp³-hybridized carbons (Fsp3) is 0.192.